The maximum Gasteiger partial charge on any atom is 0.416 e. The first-order valence-electron chi connectivity index (χ1n) is 10.1. The van der Waals surface area contributed by atoms with Gasteiger partial charge in [0.25, 0.3) is 0 Å². The minimum absolute atomic E-state index is 0.0197. The van der Waals surface area contributed by atoms with Crippen LogP contribution in [0.1, 0.15) is 58.1 Å². The summed E-state index contributed by atoms with van der Waals surface area (Å²) in [5.74, 6) is -1.04. The van der Waals surface area contributed by atoms with E-state index in [0.29, 0.717) is 5.56 Å². The van der Waals surface area contributed by atoms with Gasteiger partial charge in [-0.1, -0.05) is 39.8 Å². The molecule has 1 aromatic carbocycles. The fourth-order valence-electron chi connectivity index (χ4n) is 3.68. The van der Waals surface area contributed by atoms with Crippen molar-refractivity contribution in [2.45, 2.75) is 58.7 Å². The van der Waals surface area contributed by atoms with E-state index in [1.807, 2.05) is 6.92 Å². The molecule has 172 valence electrons. The number of hydrogen-bond acceptors (Lipinski definition) is 5. The van der Waals surface area contributed by atoms with E-state index >= 15 is 0 Å². The summed E-state index contributed by atoms with van der Waals surface area (Å²) in [4.78, 5) is 24.4. The van der Waals surface area contributed by atoms with Gasteiger partial charge in [-0.2, -0.15) is 13.2 Å². The van der Waals surface area contributed by atoms with E-state index in [-0.39, 0.29) is 36.4 Å². The molecule has 8 heteroatoms. The van der Waals surface area contributed by atoms with Crippen LogP contribution in [0.4, 0.5) is 13.2 Å². The van der Waals surface area contributed by atoms with Crippen molar-refractivity contribution in [3.8, 4) is 0 Å². The largest absolute Gasteiger partial charge is 0.461 e. The Morgan fingerprint density at radius 1 is 1.26 bits per heavy atom. The van der Waals surface area contributed by atoms with Crippen molar-refractivity contribution < 1.29 is 37.3 Å². The number of carbonyl (C=O) groups excluding carboxylic acids is 2. The van der Waals surface area contributed by atoms with Gasteiger partial charge < -0.3 is 14.6 Å². The number of aliphatic hydroxyl groups excluding tert-OH is 1. The second kappa shape index (κ2) is 9.42. The van der Waals surface area contributed by atoms with Crippen molar-refractivity contribution in [1.82, 2.24) is 0 Å². The number of aliphatic hydroxyl groups is 1. The van der Waals surface area contributed by atoms with Gasteiger partial charge in [0.1, 0.15) is 6.61 Å². The van der Waals surface area contributed by atoms with Gasteiger partial charge in [0.15, 0.2) is 5.60 Å². The van der Waals surface area contributed by atoms with E-state index in [1.54, 1.807) is 0 Å². The fourth-order valence-corrected chi connectivity index (χ4v) is 3.68. The number of rotatable bonds is 7. The van der Waals surface area contributed by atoms with Crippen molar-refractivity contribution in [2.24, 2.45) is 11.3 Å². The van der Waals surface area contributed by atoms with Gasteiger partial charge in [0, 0.05) is 18.4 Å². The molecule has 0 spiro atoms. The van der Waals surface area contributed by atoms with Gasteiger partial charge in [-0.3, -0.25) is 4.79 Å². The summed E-state index contributed by atoms with van der Waals surface area (Å²) < 4.78 is 48.6. The molecule has 0 amide bonds. The lowest BCUT2D eigenvalue weighted by atomic mass is 9.84. The molecular formula is C23H29F3O5. The molecule has 1 aliphatic heterocycles. The van der Waals surface area contributed by atoms with Crippen molar-refractivity contribution in [3.63, 3.8) is 0 Å². The number of halogens is 3. The van der Waals surface area contributed by atoms with Crippen molar-refractivity contribution >= 4 is 18.0 Å². The van der Waals surface area contributed by atoms with E-state index < -0.39 is 35.9 Å². The molecule has 0 aromatic heterocycles. The first-order chi connectivity index (χ1) is 14.2. The minimum atomic E-state index is -4.45. The molecule has 0 aliphatic carbocycles. The molecule has 31 heavy (non-hydrogen) atoms. The van der Waals surface area contributed by atoms with E-state index in [0.717, 1.165) is 18.6 Å². The zero-order chi connectivity index (χ0) is 23.4. The van der Waals surface area contributed by atoms with Crippen LogP contribution in [-0.4, -0.2) is 35.9 Å². The Kier molecular flexibility index (Phi) is 7.57. The first-order valence-corrected chi connectivity index (χ1v) is 10.1. The summed E-state index contributed by atoms with van der Waals surface area (Å²) in [5.41, 5.74) is -1.53. The molecule has 1 N–H and O–H groups in total. The van der Waals surface area contributed by atoms with Crippen LogP contribution in [0.15, 0.2) is 29.8 Å². The second-order valence-corrected chi connectivity index (χ2v) is 9.43. The third-order valence-electron chi connectivity index (χ3n) is 4.92. The third-order valence-corrected chi connectivity index (χ3v) is 4.92. The normalized spacial score (nSPS) is 21.8. The maximum absolute atomic E-state index is 12.7. The molecular weight excluding hydrogens is 413 g/mol. The van der Waals surface area contributed by atoms with E-state index in [9.17, 15) is 27.9 Å². The Balaban J connectivity index is 2.01. The Bertz CT molecular complexity index is 821. The predicted molar refractivity (Wildman–Crippen MR) is 109 cm³/mol. The van der Waals surface area contributed by atoms with Gasteiger partial charge in [0.05, 0.1) is 12.2 Å². The molecule has 1 fully saturated rings. The minimum Gasteiger partial charge on any atom is -0.461 e. The average Bonchev–Trinajstić information content (AvgIpc) is 2.94. The summed E-state index contributed by atoms with van der Waals surface area (Å²) in [7, 11) is 0. The lowest BCUT2D eigenvalue weighted by Crippen LogP contribution is -2.39. The Labute approximate surface area is 180 Å². The number of carbonyl (C=O) groups is 2. The standard InChI is InChI=1S/C23H29F3O5/c1-15(11-21(2,3)4)9-19(28)30-14-22(13-27)12-17(20(29)31-22)10-16-5-7-18(8-6-16)23(24,25)26/h5-8,10,15,27H,9,11-14H2,1-4H3/b17-10-. The molecule has 1 saturated heterocycles. The Morgan fingerprint density at radius 2 is 1.87 bits per heavy atom. The molecule has 1 aliphatic rings. The highest BCUT2D eigenvalue weighted by Gasteiger charge is 2.44. The molecule has 0 bridgehead atoms. The average molecular weight is 442 g/mol. The quantitative estimate of drug-likeness (QED) is 0.486. The van der Waals surface area contributed by atoms with Gasteiger partial charge in [0.2, 0.25) is 0 Å². The molecule has 0 saturated carbocycles. The summed E-state index contributed by atoms with van der Waals surface area (Å²) in [5, 5.41) is 9.77. The maximum atomic E-state index is 12.7. The van der Waals surface area contributed by atoms with Gasteiger partial charge >= 0.3 is 18.1 Å². The highest BCUT2D eigenvalue weighted by molar-refractivity contribution is 5.96. The van der Waals surface area contributed by atoms with Crippen LogP contribution in [0, 0.1) is 11.3 Å². The Morgan fingerprint density at radius 3 is 2.39 bits per heavy atom. The summed E-state index contributed by atoms with van der Waals surface area (Å²) in [6.45, 7) is 7.36. The van der Waals surface area contributed by atoms with Gasteiger partial charge in [-0.15, -0.1) is 0 Å². The molecule has 5 nitrogen and oxygen atoms in total. The molecule has 0 radical (unpaired) electrons. The van der Waals surface area contributed by atoms with Gasteiger partial charge in [-0.25, -0.2) is 4.79 Å². The van der Waals surface area contributed by atoms with Crippen LogP contribution < -0.4 is 0 Å². The van der Waals surface area contributed by atoms with E-state index in [1.165, 1.54) is 18.2 Å². The molecule has 2 atom stereocenters. The molecule has 2 rings (SSSR count). The number of benzene rings is 1. The summed E-state index contributed by atoms with van der Waals surface area (Å²) in [6.07, 6.45) is -2.01. The zero-order valence-corrected chi connectivity index (χ0v) is 18.2. The van der Waals surface area contributed by atoms with Gasteiger partial charge in [-0.05, 0) is 41.5 Å². The smallest absolute Gasteiger partial charge is 0.416 e. The van der Waals surface area contributed by atoms with Crippen molar-refractivity contribution in [2.75, 3.05) is 13.2 Å². The summed E-state index contributed by atoms with van der Waals surface area (Å²) in [6, 6.07) is 4.34. The van der Waals surface area contributed by atoms with Crippen LogP contribution in [0.5, 0.6) is 0 Å². The second-order valence-electron chi connectivity index (χ2n) is 9.43. The van der Waals surface area contributed by atoms with E-state index in [2.05, 4.69) is 20.8 Å². The number of alkyl halides is 3. The lowest BCUT2D eigenvalue weighted by molar-refractivity contribution is -0.166. The molecule has 2 unspecified atom stereocenters. The van der Waals surface area contributed by atoms with Crippen LogP contribution >= 0.6 is 0 Å². The zero-order valence-electron chi connectivity index (χ0n) is 18.2. The number of esters is 2. The molecule has 1 heterocycles. The number of hydrogen-bond donors (Lipinski definition) is 1. The lowest BCUT2D eigenvalue weighted by Gasteiger charge is -2.25. The number of ether oxygens (including phenoxy) is 2. The van der Waals surface area contributed by atoms with Crippen molar-refractivity contribution in [3.05, 3.63) is 41.0 Å². The first kappa shape index (κ1) is 24.9. The summed E-state index contributed by atoms with van der Waals surface area (Å²) >= 11 is 0. The monoisotopic (exact) mass is 442 g/mol. The SMILES string of the molecule is CC(CC(=O)OCC1(CO)C/C(=C/c2ccc(C(F)(F)F)cc2)C(=O)O1)CC(C)(C)C. The van der Waals surface area contributed by atoms with Crippen LogP contribution in [-0.2, 0) is 25.2 Å². The topological polar surface area (TPSA) is 72.8 Å². The fraction of sp³-hybridized carbons (Fsp3) is 0.565. The molecule has 1 aromatic rings. The highest BCUT2D eigenvalue weighted by Crippen LogP contribution is 2.34. The third kappa shape index (κ3) is 7.38. The predicted octanol–water partition coefficient (Wildman–Crippen LogP) is 4.77. The number of cyclic esters (lactones) is 1. The van der Waals surface area contributed by atoms with Crippen LogP contribution in [0.3, 0.4) is 0 Å². The van der Waals surface area contributed by atoms with E-state index in [4.69, 9.17) is 9.47 Å². The van der Waals surface area contributed by atoms with Crippen LogP contribution in [0.2, 0.25) is 0 Å². The van der Waals surface area contributed by atoms with Crippen LogP contribution in [0.25, 0.3) is 6.08 Å². The highest BCUT2D eigenvalue weighted by atomic mass is 19.4. The van der Waals surface area contributed by atoms with Crippen molar-refractivity contribution in [1.29, 1.82) is 0 Å². The Hall–Kier alpha value is -2.35.